The van der Waals surface area contributed by atoms with Crippen molar-refractivity contribution in [3.8, 4) is 0 Å². The van der Waals surface area contributed by atoms with E-state index in [0.29, 0.717) is 6.54 Å². The van der Waals surface area contributed by atoms with E-state index >= 15 is 0 Å². The first kappa shape index (κ1) is 14.5. The number of hydrogen-bond donors (Lipinski definition) is 2. The molecule has 0 saturated heterocycles. The Hall–Kier alpha value is -0.570. The summed E-state index contributed by atoms with van der Waals surface area (Å²) in [6.07, 6.45) is 7.13. The van der Waals surface area contributed by atoms with E-state index in [4.69, 9.17) is 17.3 Å². The zero-order valence-corrected chi connectivity index (χ0v) is 11.3. The van der Waals surface area contributed by atoms with Crippen molar-refractivity contribution in [2.45, 2.75) is 44.7 Å². The smallest absolute Gasteiger partial charge is 0.0409 e. The summed E-state index contributed by atoms with van der Waals surface area (Å²) in [5.41, 5.74) is 6.43. The van der Waals surface area contributed by atoms with E-state index in [-0.39, 0.29) is 0 Å². The lowest BCUT2D eigenvalue weighted by Gasteiger charge is -2.20. The summed E-state index contributed by atoms with van der Waals surface area (Å²) in [6, 6.07) is 8.38. The molecule has 0 aliphatic heterocycles. The normalized spacial score (nSPS) is 16.2. The quantitative estimate of drug-likeness (QED) is 0.850. The maximum absolute atomic E-state index is 5.67. The van der Waals surface area contributed by atoms with E-state index in [1.165, 1.54) is 32.1 Å². The fourth-order valence-corrected chi connectivity index (χ4v) is 2.27. The first-order chi connectivity index (χ1) is 8.26. The molecule has 3 N–H and O–H groups in total. The van der Waals surface area contributed by atoms with Gasteiger partial charge in [-0.05, 0) is 37.6 Å². The van der Waals surface area contributed by atoms with Crippen molar-refractivity contribution >= 4 is 11.6 Å². The van der Waals surface area contributed by atoms with Crippen LogP contribution in [0.5, 0.6) is 0 Å². The molecule has 1 saturated carbocycles. The maximum atomic E-state index is 5.67. The first-order valence-electron chi connectivity index (χ1n) is 6.38. The van der Waals surface area contributed by atoms with Crippen molar-refractivity contribution in [3.63, 3.8) is 0 Å². The molecular formula is C14H23ClN2. The summed E-state index contributed by atoms with van der Waals surface area (Å²) >= 11 is 5.67. The van der Waals surface area contributed by atoms with Crippen LogP contribution in [0.2, 0.25) is 5.02 Å². The fourth-order valence-electron chi connectivity index (χ4n) is 2.06. The van der Waals surface area contributed by atoms with Crippen LogP contribution in [0.4, 0.5) is 0 Å². The highest BCUT2D eigenvalue weighted by atomic mass is 35.5. The van der Waals surface area contributed by atoms with E-state index in [9.17, 15) is 0 Å². The number of halogens is 1. The van der Waals surface area contributed by atoms with Gasteiger partial charge in [0, 0.05) is 17.6 Å². The highest BCUT2D eigenvalue weighted by Crippen LogP contribution is 2.16. The van der Waals surface area contributed by atoms with Crippen molar-refractivity contribution < 1.29 is 0 Å². The van der Waals surface area contributed by atoms with Crippen LogP contribution in [-0.4, -0.2) is 13.1 Å². The van der Waals surface area contributed by atoms with Crippen molar-refractivity contribution in [2.24, 2.45) is 5.73 Å². The molecular weight excluding hydrogens is 232 g/mol. The fraction of sp³-hybridized carbons (Fsp3) is 0.571. The minimum Gasteiger partial charge on any atom is -0.326 e. The van der Waals surface area contributed by atoms with Gasteiger partial charge in [-0.3, -0.25) is 0 Å². The van der Waals surface area contributed by atoms with Gasteiger partial charge in [0.1, 0.15) is 0 Å². The first-order valence-corrected chi connectivity index (χ1v) is 6.76. The van der Waals surface area contributed by atoms with Gasteiger partial charge in [0.2, 0.25) is 0 Å². The zero-order valence-electron chi connectivity index (χ0n) is 10.6. The molecule has 96 valence electrons. The Morgan fingerprint density at radius 3 is 2.41 bits per heavy atom. The summed E-state index contributed by atoms with van der Waals surface area (Å²) in [5.74, 6) is 0. The third kappa shape index (κ3) is 6.06. The Morgan fingerprint density at radius 2 is 2.00 bits per heavy atom. The molecule has 1 aliphatic carbocycles. The average molecular weight is 255 g/mol. The van der Waals surface area contributed by atoms with Crippen LogP contribution in [0.1, 0.15) is 37.7 Å². The van der Waals surface area contributed by atoms with E-state index in [1.807, 2.05) is 24.3 Å². The van der Waals surface area contributed by atoms with E-state index in [0.717, 1.165) is 16.6 Å². The van der Waals surface area contributed by atoms with Crippen LogP contribution in [0.25, 0.3) is 0 Å². The molecule has 1 aromatic carbocycles. The predicted octanol–water partition coefficient (Wildman–Crippen LogP) is 3.34. The summed E-state index contributed by atoms with van der Waals surface area (Å²) < 4.78 is 0. The second-order valence-electron chi connectivity index (χ2n) is 4.46. The molecule has 0 radical (unpaired) electrons. The largest absolute Gasteiger partial charge is 0.326 e. The van der Waals surface area contributed by atoms with Gasteiger partial charge >= 0.3 is 0 Å². The lowest BCUT2D eigenvalue weighted by Crippen LogP contribution is -2.26. The molecule has 0 amide bonds. The second kappa shape index (κ2) is 8.51. The van der Waals surface area contributed by atoms with Gasteiger partial charge < -0.3 is 11.1 Å². The second-order valence-corrected chi connectivity index (χ2v) is 4.89. The van der Waals surface area contributed by atoms with Crippen LogP contribution >= 0.6 is 11.6 Å². The SMILES string of the molecule is CNC1CCCCC1.NCc1cccc(Cl)c1. The Bertz CT molecular complexity index is 309. The number of benzene rings is 1. The standard InChI is InChI=1S/C7H8ClN.C7H15N/c8-7-3-1-2-6(4-7)5-9;1-8-7-5-3-2-4-6-7/h1-4H,5,9H2;7-8H,2-6H2,1H3. The molecule has 0 aromatic heterocycles. The van der Waals surface area contributed by atoms with Gasteiger partial charge in [-0.2, -0.15) is 0 Å². The van der Waals surface area contributed by atoms with Crippen LogP contribution in [-0.2, 0) is 6.54 Å². The Morgan fingerprint density at radius 1 is 1.29 bits per heavy atom. The average Bonchev–Trinajstić information content (AvgIpc) is 2.40. The van der Waals surface area contributed by atoms with Gasteiger partial charge in [-0.15, -0.1) is 0 Å². The molecule has 0 unspecified atom stereocenters. The van der Waals surface area contributed by atoms with Crippen molar-refractivity contribution in [1.29, 1.82) is 0 Å². The van der Waals surface area contributed by atoms with Crippen molar-refractivity contribution in [2.75, 3.05) is 7.05 Å². The van der Waals surface area contributed by atoms with Crippen LogP contribution in [0.15, 0.2) is 24.3 Å². The van der Waals surface area contributed by atoms with E-state index < -0.39 is 0 Å². The van der Waals surface area contributed by atoms with Crippen LogP contribution in [0.3, 0.4) is 0 Å². The van der Waals surface area contributed by atoms with E-state index in [2.05, 4.69) is 12.4 Å². The molecule has 2 rings (SSSR count). The minimum absolute atomic E-state index is 0.556. The maximum Gasteiger partial charge on any atom is 0.0409 e. The van der Waals surface area contributed by atoms with Gasteiger partial charge in [0.25, 0.3) is 0 Å². The highest BCUT2D eigenvalue weighted by Gasteiger charge is 2.09. The molecule has 1 fully saturated rings. The molecule has 1 aliphatic rings. The minimum atomic E-state index is 0.556. The summed E-state index contributed by atoms with van der Waals surface area (Å²) in [6.45, 7) is 0.556. The highest BCUT2D eigenvalue weighted by molar-refractivity contribution is 6.30. The topological polar surface area (TPSA) is 38.0 Å². The van der Waals surface area contributed by atoms with Crippen molar-refractivity contribution in [3.05, 3.63) is 34.9 Å². The number of rotatable bonds is 2. The summed E-state index contributed by atoms with van der Waals surface area (Å²) in [4.78, 5) is 0. The summed E-state index contributed by atoms with van der Waals surface area (Å²) in [7, 11) is 2.07. The summed E-state index contributed by atoms with van der Waals surface area (Å²) in [5, 5.41) is 4.05. The lowest BCUT2D eigenvalue weighted by atomic mass is 9.96. The molecule has 3 heteroatoms. The predicted molar refractivity (Wildman–Crippen MR) is 75.3 cm³/mol. The van der Waals surface area contributed by atoms with Gasteiger partial charge in [-0.25, -0.2) is 0 Å². The Kier molecular flexibility index (Phi) is 7.25. The molecule has 0 heterocycles. The molecule has 0 spiro atoms. The van der Waals surface area contributed by atoms with Crippen LogP contribution in [0, 0.1) is 0 Å². The Balaban J connectivity index is 0.000000171. The number of nitrogens with one attached hydrogen (secondary N) is 1. The molecule has 0 atom stereocenters. The van der Waals surface area contributed by atoms with E-state index in [1.54, 1.807) is 0 Å². The molecule has 2 nitrogen and oxygen atoms in total. The van der Waals surface area contributed by atoms with Gasteiger partial charge in [-0.1, -0.05) is 43.0 Å². The van der Waals surface area contributed by atoms with Crippen LogP contribution < -0.4 is 11.1 Å². The number of hydrogen-bond acceptors (Lipinski definition) is 2. The molecule has 17 heavy (non-hydrogen) atoms. The lowest BCUT2D eigenvalue weighted by molar-refractivity contribution is 0.394. The zero-order chi connectivity index (χ0) is 12.5. The van der Waals surface area contributed by atoms with Crippen molar-refractivity contribution in [1.82, 2.24) is 5.32 Å². The third-order valence-electron chi connectivity index (χ3n) is 3.14. The molecule has 0 bridgehead atoms. The van der Waals surface area contributed by atoms with Gasteiger partial charge in [0.15, 0.2) is 0 Å². The number of nitrogens with two attached hydrogens (primary N) is 1. The monoisotopic (exact) mass is 254 g/mol. The molecule has 1 aromatic rings. The Labute approximate surface area is 110 Å². The third-order valence-corrected chi connectivity index (χ3v) is 3.37. The van der Waals surface area contributed by atoms with Gasteiger partial charge in [0.05, 0.1) is 0 Å².